The van der Waals surface area contributed by atoms with E-state index in [-0.39, 0.29) is 17.7 Å². The summed E-state index contributed by atoms with van der Waals surface area (Å²) in [6.45, 7) is 1.76. The van der Waals surface area contributed by atoms with Crippen molar-refractivity contribution in [2.24, 2.45) is 0 Å². The third-order valence-electron chi connectivity index (χ3n) is 2.45. The molecule has 0 spiro atoms. The van der Waals surface area contributed by atoms with Crippen LogP contribution in [0.25, 0.3) is 11.1 Å². The van der Waals surface area contributed by atoms with E-state index in [4.69, 9.17) is 4.42 Å². The predicted octanol–water partition coefficient (Wildman–Crippen LogP) is 2.52. The molecule has 0 radical (unpaired) electrons. The molecule has 102 valence electrons. The molecule has 0 unspecified atom stereocenters. The van der Waals surface area contributed by atoms with Crippen molar-refractivity contribution in [2.45, 2.75) is 12.0 Å². The Morgan fingerprint density at radius 1 is 1.21 bits per heavy atom. The van der Waals surface area contributed by atoms with Crippen molar-refractivity contribution in [1.29, 1.82) is 0 Å². The molecule has 1 aromatic heterocycles. The number of nitrogens with one attached hydrogen (secondary N) is 1. The van der Waals surface area contributed by atoms with Gasteiger partial charge in [-0.3, -0.25) is 0 Å². The zero-order chi connectivity index (χ0) is 14.0. The van der Waals surface area contributed by atoms with E-state index in [0.29, 0.717) is 0 Å². The minimum atomic E-state index is -3.88. The van der Waals surface area contributed by atoms with Crippen LogP contribution >= 0.6 is 0 Å². The lowest BCUT2D eigenvalue weighted by Crippen LogP contribution is -2.23. The lowest BCUT2D eigenvalue weighted by atomic mass is 10.1. The second kappa shape index (κ2) is 5.10. The van der Waals surface area contributed by atoms with Crippen LogP contribution in [-0.4, -0.2) is 15.0 Å². The fourth-order valence-electron chi connectivity index (χ4n) is 1.67. The smallest absolute Gasteiger partial charge is 0.274 e. The average molecular weight is 287 g/mol. The number of rotatable bonds is 4. The molecule has 1 aromatic carbocycles. The molecule has 2 aromatic rings. The van der Waals surface area contributed by atoms with Crippen molar-refractivity contribution in [2.75, 3.05) is 6.54 Å². The summed E-state index contributed by atoms with van der Waals surface area (Å²) in [5, 5.41) is -0.432. The monoisotopic (exact) mass is 287 g/mol. The maximum absolute atomic E-state index is 13.7. The van der Waals surface area contributed by atoms with Crippen LogP contribution in [0.3, 0.4) is 0 Å². The maximum Gasteiger partial charge on any atom is 0.274 e. The standard InChI is InChI=1S/C12H11F2NO3S/c1-2-15-19(16,17)12-9(6-7-18-12)8-4-3-5-10(13)11(8)14/h3-7,15H,2H2,1H3. The Bertz CT molecular complexity index is 695. The van der Waals surface area contributed by atoms with Gasteiger partial charge in [0, 0.05) is 17.7 Å². The van der Waals surface area contributed by atoms with Gasteiger partial charge in [-0.15, -0.1) is 0 Å². The predicted molar refractivity (Wildman–Crippen MR) is 64.9 cm³/mol. The lowest BCUT2D eigenvalue weighted by Gasteiger charge is -2.06. The van der Waals surface area contributed by atoms with E-state index in [0.717, 1.165) is 12.3 Å². The van der Waals surface area contributed by atoms with Crippen LogP contribution in [0, 0.1) is 11.6 Å². The summed E-state index contributed by atoms with van der Waals surface area (Å²) in [6, 6.07) is 4.82. The number of hydrogen-bond donors (Lipinski definition) is 1. The van der Waals surface area contributed by atoms with Crippen LogP contribution in [0.4, 0.5) is 8.78 Å². The highest BCUT2D eigenvalue weighted by Crippen LogP contribution is 2.31. The molecule has 0 aliphatic rings. The van der Waals surface area contributed by atoms with Gasteiger partial charge >= 0.3 is 0 Å². The van der Waals surface area contributed by atoms with Crippen LogP contribution < -0.4 is 4.72 Å². The summed E-state index contributed by atoms with van der Waals surface area (Å²) in [6.07, 6.45) is 1.11. The van der Waals surface area contributed by atoms with Gasteiger partial charge in [0.2, 0.25) is 5.09 Å². The minimum absolute atomic E-state index is 0.0158. The summed E-state index contributed by atoms with van der Waals surface area (Å²) in [7, 11) is -3.88. The molecular weight excluding hydrogens is 276 g/mol. The van der Waals surface area contributed by atoms with Crippen molar-refractivity contribution >= 4 is 10.0 Å². The molecule has 19 heavy (non-hydrogen) atoms. The molecule has 0 bridgehead atoms. The molecule has 0 saturated carbocycles. The Hall–Kier alpha value is -1.73. The number of sulfonamides is 1. The van der Waals surface area contributed by atoms with Crippen LogP contribution in [0.5, 0.6) is 0 Å². The Labute approximate surface area is 109 Å². The van der Waals surface area contributed by atoms with E-state index < -0.39 is 26.8 Å². The molecule has 0 fully saturated rings. The van der Waals surface area contributed by atoms with Gasteiger partial charge in [0.25, 0.3) is 10.0 Å². The highest BCUT2D eigenvalue weighted by Gasteiger charge is 2.24. The molecule has 0 amide bonds. The largest absolute Gasteiger partial charge is 0.451 e. The van der Waals surface area contributed by atoms with E-state index >= 15 is 0 Å². The molecule has 7 heteroatoms. The summed E-state index contributed by atoms with van der Waals surface area (Å²) in [5.41, 5.74) is -0.178. The summed E-state index contributed by atoms with van der Waals surface area (Å²) < 4.78 is 57.7. The van der Waals surface area contributed by atoms with Crippen molar-refractivity contribution in [3.63, 3.8) is 0 Å². The highest BCUT2D eigenvalue weighted by atomic mass is 32.2. The molecule has 2 rings (SSSR count). The number of benzene rings is 1. The zero-order valence-corrected chi connectivity index (χ0v) is 10.8. The van der Waals surface area contributed by atoms with Crippen molar-refractivity contribution in [3.05, 3.63) is 42.2 Å². The van der Waals surface area contributed by atoms with Gasteiger partial charge in [0.1, 0.15) is 0 Å². The van der Waals surface area contributed by atoms with Crippen molar-refractivity contribution in [1.82, 2.24) is 4.72 Å². The van der Waals surface area contributed by atoms with Gasteiger partial charge in [0.05, 0.1) is 6.26 Å². The first-order chi connectivity index (χ1) is 8.97. The molecule has 4 nitrogen and oxygen atoms in total. The normalized spacial score (nSPS) is 11.7. The average Bonchev–Trinajstić information content (AvgIpc) is 2.82. The summed E-state index contributed by atoms with van der Waals surface area (Å²) in [4.78, 5) is 0. The second-order valence-electron chi connectivity index (χ2n) is 3.72. The van der Waals surface area contributed by atoms with E-state index in [2.05, 4.69) is 4.72 Å². The van der Waals surface area contributed by atoms with Crippen molar-refractivity contribution in [3.8, 4) is 11.1 Å². The molecule has 0 saturated heterocycles. The van der Waals surface area contributed by atoms with E-state index in [1.54, 1.807) is 6.92 Å². The molecule has 1 heterocycles. The first-order valence-corrected chi connectivity index (χ1v) is 6.97. The number of hydrogen-bond acceptors (Lipinski definition) is 3. The zero-order valence-electron chi connectivity index (χ0n) is 9.98. The fourth-order valence-corrected chi connectivity index (χ4v) is 2.83. The Morgan fingerprint density at radius 3 is 2.63 bits per heavy atom. The minimum Gasteiger partial charge on any atom is -0.451 e. The van der Waals surface area contributed by atoms with E-state index in [1.807, 2.05) is 0 Å². The van der Waals surface area contributed by atoms with Gasteiger partial charge in [-0.05, 0) is 12.1 Å². The fraction of sp³-hybridized carbons (Fsp3) is 0.167. The van der Waals surface area contributed by atoms with E-state index in [9.17, 15) is 17.2 Å². The highest BCUT2D eigenvalue weighted by molar-refractivity contribution is 7.89. The van der Waals surface area contributed by atoms with Gasteiger partial charge < -0.3 is 4.42 Å². The quantitative estimate of drug-likeness (QED) is 0.940. The number of furan rings is 1. The third kappa shape index (κ3) is 2.52. The number of halogens is 2. The first-order valence-electron chi connectivity index (χ1n) is 5.49. The molecule has 0 atom stereocenters. The molecule has 0 aliphatic carbocycles. The Kier molecular flexibility index (Phi) is 3.68. The molecular formula is C12H11F2NO3S. The Balaban J connectivity index is 2.60. The van der Waals surface area contributed by atoms with Crippen LogP contribution in [0.15, 0.2) is 40.0 Å². The summed E-state index contributed by atoms with van der Waals surface area (Å²) in [5.74, 6) is -2.16. The van der Waals surface area contributed by atoms with Crippen molar-refractivity contribution < 1.29 is 21.6 Å². The van der Waals surface area contributed by atoms with Gasteiger partial charge in [-0.2, -0.15) is 0 Å². The lowest BCUT2D eigenvalue weighted by molar-refractivity contribution is 0.447. The maximum atomic E-state index is 13.7. The van der Waals surface area contributed by atoms with Gasteiger partial charge in [-0.25, -0.2) is 21.9 Å². The second-order valence-corrected chi connectivity index (χ2v) is 5.39. The van der Waals surface area contributed by atoms with E-state index in [1.165, 1.54) is 18.2 Å². The SMILES string of the molecule is CCNS(=O)(=O)c1occc1-c1cccc(F)c1F. The summed E-state index contributed by atoms with van der Waals surface area (Å²) >= 11 is 0. The first kappa shape index (κ1) is 13.7. The third-order valence-corrected chi connectivity index (χ3v) is 3.92. The molecule has 0 aliphatic heterocycles. The van der Waals surface area contributed by atoms with Gasteiger partial charge in [-0.1, -0.05) is 19.1 Å². The topological polar surface area (TPSA) is 59.3 Å². The molecule has 1 N–H and O–H groups in total. The van der Waals surface area contributed by atoms with Crippen LogP contribution in [0.1, 0.15) is 6.92 Å². The van der Waals surface area contributed by atoms with Crippen LogP contribution in [0.2, 0.25) is 0 Å². The Morgan fingerprint density at radius 2 is 1.95 bits per heavy atom. The van der Waals surface area contributed by atoms with Crippen LogP contribution in [-0.2, 0) is 10.0 Å². The van der Waals surface area contributed by atoms with Gasteiger partial charge in [0.15, 0.2) is 11.6 Å².